The van der Waals surface area contributed by atoms with Gasteiger partial charge in [-0.3, -0.25) is 0 Å². The van der Waals surface area contributed by atoms with Crippen LogP contribution in [0.1, 0.15) is 70.0 Å². The lowest BCUT2D eigenvalue weighted by atomic mass is 9.83. The third kappa shape index (κ3) is 3.34. The summed E-state index contributed by atoms with van der Waals surface area (Å²) in [6, 6.07) is 10.4. The lowest BCUT2D eigenvalue weighted by Gasteiger charge is -2.31. The molecule has 21 heavy (non-hydrogen) atoms. The number of nitrogens with one attached hydrogen (secondary N) is 1. The zero-order chi connectivity index (χ0) is 14.8. The Bertz CT molecular complexity index is 449. The van der Waals surface area contributed by atoms with Crippen LogP contribution in [0, 0.1) is 17.8 Å². The molecule has 1 N–H and O–H groups in total. The largest absolute Gasteiger partial charge is 0.307 e. The molecule has 2 saturated carbocycles. The van der Waals surface area contributed by atoms with Crippen molar-refractivity contribution in [3.05, 3.63) is 35.4 Å². The molecule has 0 saturated heterocycles. The van der Waals surface area contributed by atoms with Crippen LogP contribution in [0.3, 0.4) is 0 Å². The van der Waals surface area contributed by atoms with E-state index in [0.717, 1.165) is 17.8 Å². The fourth-order valence-electron chi connectivity index (χ4n) is 4.78. The third-order valence-corrected chi connectivity index (χ3v) is 5.97. The van der Waals surface area contributed by atoms with Crippen LogP contribution in [0.2, 0.25) is 0 Å². The van der Waals surface area contributed by atoms with Gasteiger partial charge in [-0.15, -0.1) is 0 Å². The summed E-state index contributed by atoms with van der Waals surface area (Å²) in [5, 5.41) is 3.87. The first kappa shape index (κ1) is 15.1. The van der Waals surface area contributed by atoms with Crippen molar-refractivity contribution in [1.29, 1.82) is 0 Å². The minimum absolute atomic E-state index is 0.467. The van der Waals surface area contributed by atoms with E-state index in [9.17, 15) is 0 Å². The molecule has 0 radical (unpaired) electrons. The van der Waals surface area contributed by atoms with Crippen LogP contribution >= 0.6 is 0 Å². The summed E-state index contributed by atoms with van der Waals surface area (Å²) in [7, 11) is 0. The summed E-state index contributed by atoms with van der Waals surface area (Å²) in [5.74, 6) is 2.98. The summed E-state index contributed by atoms with van der Waals surface area (Å²) in [4.78, 5) is 0. The van der Waals surface area contributed by atoms with Crippen molar-refractivity contribution in [2.75, 3.05) is 0 Å². The average molecular weight is 285 g/mol. The highest BCUT2D eigenvalue weighted by atomic mass is 14.9. The molecule has 1 aromatic rings. The molecule has 2 aliphatic carbocycles. The van der Waals surface area contributed by atoms with Gasteiger partial charge in [-0.2, -0.15) is 0 Å². The number of benzene rings is 1. The van der Waals surface area contributed by atoms with E-state index in [1.807, 2.05) is 0 Å². The molecule has 2 fully saturated rings. The van der Waals surface area contributed by atoms with Crippen molar-refractivity contribution >= 4 is 0 Å². The van der Waals surface area contributed by atoms with Crippen molar-refractivity contribution in [2.45, 2.75) is 71.4 Å². The van der Waals surface area contributed by atoms with E-state index in [-0.39, 0.29) is 0 Å². The monoisotopic (exact) mass is 285 g/mol. The topological polar surface area (TPSA) is 12.0 Å². The Hall–Kier alpha value is -0.820. The van der Waals surface area contributed by atoms with Gasteiger partial charge in [-0.05, 0) is 68.4 Å². The van der Waals surface area contributed by atoms with Crippen molar-refractivity contribution in [3.63, 3.8) is 0 Å². The van der Waals surface area contributed by atoms with Crippen LogP contribution in [-0.4, -0.2) is 6.04 Å². The minimum Gasteiger partial charge on any atom is -0.307 e. The predicted molar refractivity (Wildman–Crippen MR) is 90.4 cm³/mol. The second-order valence-corrected chi connectivity index (χ2v) is 7.51. The van der Waals surface area contributed by atoms with Crippen molar-refractivity contribution < 1.29 is 0 Å². The molecule has 1 aromatic carbocycles. The Morgan fingerprint density at radius 1 is 1.10 bits per heavy atom. The Morgan fingerprint density at radius 3 is 2.43 bits per heavy atom. The summed E-state index contributed by atoms with van der Waals surface area (Å²) in [5.41, 5.74) is 2.90. The van der Waals surface area contributed by atoms with E-state index in [1.165, 1.54) is 49.7 Å². The first-order chi connectivity index (χ1) is 10.2. The van der Waals surface area contributed by atoms with E-state index in [4.69, 9.17) is 0 Å². The number of aryl methyl sites for hydroxylation is 1. The number of hydrogen-bond donors (Lipinski definition) is 1. The third-order valence-electron chi connectivity index (χ3n) is 5.97. The van der Waals surface area contributed by atoms with Crippen LogP contribution in [0.5, 0.6) is 0 Å². The highest BCUT2D eigenvalue weighted by Gasteiger charge is 2.41. The Labute approximate surface area is 130 Å². The van der Waals surface area contributed by atoms with Gasteiger partial charge in [0.2, 0.25) is 0 Å². The summed E-state index contributed by atoms with van der Waals surface area (Å²) in [6.45, 7) is 6.97. The zero-order valence-electron chi connectivity index (χ0n) is 13.9. The molecule has 0 spiro atoms. The average Bonchev–Trinajstić information content (AvgIpc) is 3.11. The number of fused-ring (bicyclic) bond motifs is 2. The van der Waals surface area contributed by atoms with E-state index in [1.54, 1.807) is 0 Å². The van der Waals surface area contributed by atoms with Crippen molar-refractivity contribution in [3.8, 4) is 0 Å². The number of hydrogen-bond acceptors (Lipinski definition) is 1. The number of rotatable bonds is 6. The van der Waals surface area contributed by atoms with E-state index in [0.29, 0.717) is 12.1 Å². The maximum atomic E-state index is 3.87. The molecule has 116 valence electrons. The van der Waals surface area contributed by atoms with Gasteiger partial charge in [0.05, 0.1) is 0 Å². The van der Waals surface area contributed by atoms with Crippen LogP contribution in [0.25, 0.3) is 0 Å². The Kier molecular flexibility index (Phi) is 4.69. The molecule has 1 nitrogen and oxygen atoms in total. The standard InChI is InChI=1S/C20H31N/c1-4-5-16-6-9-18(10-7-16)14(2)21-15(3)20-13-17-8-11-19(20)12-17/h6-7,9-10,14-15,17,19-21H,4-5,8,11-13H2,1-3H3. The van der Waals surface area contributed by atoms with E-state index < -0.39 is 0 Å². The van der Waals surface area contributed by atoms with E-state index in [2.05, 4.69) is 50.4 Å². The lowest BCUT2D eigenvalue weighted by Crippen LogP contribution is -2.37. The maximum absolute atomic E-state index is 3.87. The van der Waals surface area contributed by atoms with Crippen LogP contribution < -0.4 is 5.32 Å². The van der Waals surface area contributed by atoms with Gasteiger partial charge in [0, 0.05) is 12.1 Å². The molecule has 5 atom stereocenters. The molecular weight excluding hydrogens is 254 g/mol. The molecular formula is C20H31N. The second kappa shape index (κ2) is 6.52. The normalized spacial score (nSPS) is 30.5. The highest BCUT2D eigenvalue weighted by Crippen LogP contribution is 2.49. The molecule has 3 rings (SSSR count). The summed E-state index contributed by atoms with van der Waals surface area (Å²) < 4.78 is 0. The van der Waals surface area contributed by atoms with Crippen LogP contribution in [0.4, 0.5) is 0 Å². The van der Waals surface area contributed by atoms with Gasteiger partial charge in [0.15, 0.2) is 0 Å². The SMILES string of the molecule is CCCc1ccc(C(C)NC(C)C2CC3CCC2C3)cc1. The first-order valence-corrected chi connectivity index (χ1v) is 9.02. The first-order valence-electron chi connectivity index (χ1n) is 9.02. The summed E-state index contributed by atoms with van der Waals surface area (Å²) >= 11 is 0. The van der Waals surface area contributed by atoms with Gasteiger partial charge >= 0.3 is 0 Å². The van der Waals surface area contributed by atoms with Crippen LogP contribution in [0.15, 0.2) is 24.3 Å². The quantitative estimate of drug-likeness (QED) is 0.765. The zero-order valence-corrected chi connectivity index (χ0v) is 13.9. The van der Waals surface area contributed by atoms with Gasteiger partial charge < -0.3 is 5.32 Å². The second-order valence-electron chi connectivity index (χ2n) is 7.51. The van der Waals surface area contributed by atoms with Crippen molar-refractivity contribution in [2.24, 2.45) is 17.8 Å². The fraction of sp³-hybridized carbons (Fsp3) is 0.700. The lowest BCUT2D eigenvalue weighted by molar-refractivity contribution is 0.248. The maximum Gasteiger partial charge on any atom is 0.0294 e. The van der Waals surface area contributed by atoms with Crippen LogP contribution in [-0.2, 0) is 6.42 Å². The van der Waals surface area contributed by atoms with Gasteiger partial charge in [-0.25, -0.2) is 0 Å². The molecule has 5 unspecified atom stereocenters. The Morgan fingerprint density at radius 2 is 1.86 bits per heavy atom. The Balaban J connectivity index is 1.56. The van der Waals surface area contributed by atoms with Gasteiger partial charge in [0.25, 0.3) is 0 Å². The molecule has 0 amide bonds. The molecule has 0 aliphatic heterocycles. The molecule has 2 bridgehead atoms. The fourth-order valence-corrected chi connectivity index (χ4v) is 4.78. The minimum atomic E-state index is 0.467. The van der Waals surface area contributed by atoms with E-state index >= 15 is 0 Å². The highest BCUT2D eigenvalue weighted by molar-refractivity contribution is 5.25. The van der Waals surface area contributed by atoms with Gasteiger partial charge in [0.1, 0.15) is 0 Å². The smallest absolute Gasteiger partial charge is 0.0294 e. The molecule has 2 aliphatic rings. The molecule has 1 heteroatoms. The van der Waals surface area contributed by atoms with Crippen molar-refractivity contribution in [1.82, 2.24) is 5.32 Å². The predicted octanol–water partition coefficient (Wildman–Crippen LogP) is 5.11. The molecule has 0 heterocycles. The molecule has 0 aromatic heterocycles. The van der Waals surface area contributed by atoms with Gasteiger partial charge in [-0.1, -0.05) is 44.0 Å². The summed E-state index contributed by atoms with van der Waals surface area (Å²) in [6.07, 6.45) is 8.40.